The highest BCUT2D eigenvalue weighted by Gasteiger charge is 2.46. The molecule has 0 bridgehead atoms. The summed E-state index contributed by atoms with van der Waals surface area (Å²) in [4.78, 5) is 32.2. The van der Waals surface area contributed by atoms with Crippen LogP contribution in [-0.2, 0) is 11.0 Å². The van der Waals surface area contributed by atoms with Crippen LogP contribution in [0.15, 0.2) is 59.9 Å². The normalized spacial score (nSPS) is 16.6. The zero-order valence-corrected chi connectivity index (χ0v) is 18.7. The fraction of sp³-hybridized carbons (Fsp3) is 0.208. The summed E-state index contributed by atoms with van der Waals surface area (Å²) >= 11 is 1.13. The number of thiazole rings is 1. The maximum absolute atomic E-state index is 13.5. The molecule has 170 valence electrons. The first kappa shape index (κ1) is 22.7. The van der Waals surface area contributed by atoms with Gasteiger partial charge in [-0.05, 0) is 44.5 Å². The number of aryl methyl sites for hydroxylation is 3. The summed E-state index contributed by atoms with van der Waals surface area (Å²) in [5.41, 5.74) is 0.571. The first-order valence-electron chi connectivity index (χ1n) is 9.98. The topological polar surface area (TPSA) is 70.5 Å². The number of carbonyl (C=O) groups is 2. The molecule has 0 saturated carbocycles. The van der Waals surface area contributed by atoms with Gasteiger partial charge in [-0.15, -0.1) is 11.3 Å². The van der Waals surface area contributed by atoms with Crippen LogP contribution in [0.4, 0.5) is 18.9 Å². The number of anilines is 1. The Morgan fingerprint density at radius 2 is 1.79 bits per heavy atom. The number of hydrogen-bond acceptors (Lipinski definition) is 5. The van der Waals surface area contributed by atoms with Gasteiger partial charge in [0.15, 0.2) is 5.76 Å². The Morgan fingerprint density at radius 3 is 2.39 bits per heavy atom. The predicted octanol–water partition coefficient (Wildman–Crippen LogP) is 5.87. The van der Waals surface area contributed by atoms with Crippen LogP contribution < -0.4 is 4.90 Å². The van der Waals surface area contributed by atoms with Gasteiger partial charge in [-0.2, -0.15) is 13.2 Å². The third-order valence-corrected chi connectivity index (χ3v) is 6.44. The summed E-state index contributed by atoms with van der Waals surface area (Å²) < 4.78 is 40.1. The van der Waals surface area contributed by atoms with Crippen LogP contribution in [0.2, 0.25) is 0 Å². The molecule has 0 fully saturated rings. The number of ketones is 1. The highest BCUT2D eigenvalue weighted by molar-refractivity contribution is 7.14. The molecular formula is C24H19F3N2O3S. The molecule has 0 radical (unpaired) electrons. The van der Waals surface area contributed by atoms with E-state index in [0.29, 0.717) is 16.3 Å². The summed E-state index contributed by atoms with van der Waals surface area (Å²) in [6.45, 7) is 5.20. The molecule has 1 unspecified atom stereocenters. The van der Waals surface area contributed by atoms with E-state index >= 15 is 0 Å². The van der Waals surface area contributed by atoms with E-state index in [-0.39, 0.29) is 16.1 Å². The molecule has 1 aliphatic heterocycles. The predicted molar refractivity (Wildman–Crippen MR) is 118 cm³/mol. The number of amides is 1. The number of rotatable bonds is 4. The van der Waals surface area contributed by atoms with Gasteiger partial charge in [-0.3, -0.25) is 14.5 Å². The zero-order valence-electron chi connectivity index (χ0n) is 17.9. The van der Waals surface area contributed by atoms with E-state index in [4.69, 9.17) is 0 Å². The van der Waals surface area contributed by atoms with Crippen molar-refractivity contribution < 1.29 is 27.9 Å². The molecular weight excluding hydrogens is 453 g/mol. The third-order valence-electron chi connectivity index (χ3n) is 5.37. The van der Waals surface area contributed by atoms with Gasteiger partial charge >= 0.3 is 6.18 Å². The average Bonchev–Trinajstić information content (AvgIpc) is 3.22. The number of aliphatic hydroxyl groups excluding tert-OH is 1. The molecule has 33 heavy (non-hydrogen) atoms. The molecule has 1 N–H and O–H groups in total. The number of nitrogens with zero attached hydrogens (tertiary/aromatic N) is 2. The number of benzene rings is 2. The third kappa shape index (κ3) is 4.04. The molecule has 0 saturated heterocycles. The first-order valence-corrected chi connectivity index (χ1v) is 10.8. The fourth-order valence-electron chi connectivity index (χ4n) is 3.96. The molecule has 1 aliphatic rings. The standard InChI is InChI=1S/C24H19F3N2O3S/c1-12-6-4-7-15(10-12)19-18(20(30)22-13(2)28-14(3)33-22)21(31)23(32)29(19)17-9-5-8-16(11-17)24(25,26)27/h4-11,19,31H,1-3H3. The lowest BCUT2D eigenvalue weighted by molar-refractivity contribution is -0.137. The highest BCUT2D eigenvalue weighted by Crippen LogP contribution is 2.44. The van der Waals surface area contributed by atoms with E-state index < -0.39 is 35.2 Å². The van der Waals surface area contributed by atoms with Crippen LogP contribution in [0, 0.1) is 20.8 Å². The van der Waals surface area contributed by atoms with Gasteiger partial charge in [0, 0.05) is 5.69 Å². The lowest BCUT2D eigenvalue weighted by Crippen LogP contribution is -2.31. The van der Waals surface area contributed by atoms with E-state index in [2.05, 4.69) is 4.98 Å². The minimum absolute atomic E-state index is 0.0760. The molecule has 1 atom stereocenters. The number of hydrogen-bond donors (Lipinski definition) is 1. The van der Waals surface area contributed by atoms with Gasteiger partial charge in [0.1, 0.15) is 0 Å². The Balaban J connectivity index is 1.91. The summed E-state index contributed by atoms with van der Waals surface area (Å²) in [7, 11) is 0. The van der Waals surface area contributed by atoms with Crippen molar-refractivity contribution in [1.29, 1.82) is 0 Å². The van der Waals surface area contributed by atoms with Crippen molar-refractivity contribution in [2.75, 3.05) is 4.90 Å². The maximum atomic E-state index is 13.5. The van der Waals surface area contributed by atoms with E-state index in [1.54, 1.807) is 32.0 Å². The van der Waals surface area contributed by atoms with Crippen molar-refractivity contribution in [2.45, 2.75) is 33.0 Å². The zero-order chi connectivity index (χ0) is 24.1. The van der Waals surface area contributed by atoms with E-state index in [9.17, 15) is 27.9 Å². The van der Waals surface area contributed by atoms with Crippen LogP contribution in [0.1, 0.15) is 43.1 Å². The minimum atomic E-state index is -4.62. The Morgan fingerprint density at radius 1 is 1.09 bits per heavy atom. The van der Waals surface area contributed by atoms with Gasteiger partial charge in [0.2, 0.25) is 5.78 Å². The van der Waals surface area contributed by atoms with Crippen LogP contribution in [0.25, 0.3) is 0 Å². The molecule has 0 aliphatic carbocycles. The van der Waals surface area contributed by atoms with Crippen molar-refractivity contribution in [1.82, 2.24) is 4.98 Å². The number of halogens is 3. The molecule has 0 spiro atoms. The van der Waals surface area contributed by atoms with Gasteiger partial charge in [0.25, 0.3) is 5.91 Å². The Bertz CT molecular complexity index is 1310. The van der Waals surface area contributed by atoms with E-state index in [1.165, 1.54) is 12.1 Å². The van der Waals surface area contributed by atoms with Gasteiger partial charge in [-0.25, -0.2) is 4.98 Å². The number of Topliss-reactive ketones (excluding diaryl/α,β-unsaturated/α-hetero) is 1. The molecule has 4 rings (SSSR count). The molecule has 5 nitrogen and oxygen atoms in total. The van der Waals surface area contributed by atoms with Crippen molar-refractivity contribution in [3.63, 3.8) is 0 Å². The largest absolute Gasteiger partial charge is 0.503 e. The minimum Gasteiger partial charge on any atom is -0.503 e. The number of aromatic nitrogens is 1. The summed E-state index contributed by atoms with van der Waals surface area (Å²) in [6.07, 6.45) is -4.62. The lowest BCUT2D eigenvalue weighted by atomic mass is 9.93. The van der Waals surface area contributed by atoms with Gasteiger partial charge < -0.3 is 5.11 Å². The summed E-state index contributed by atoms with van der Waals surface area (Å²) in [5.74, 6) is -2.30. The first-order chi connectivity index (χ1) is 15.5. The fourth-order valence-corrected chi connectivity index (χ4v) is 4.83. The second-order valence-corrected chi connectivity index (χ2v) is 8.98. The van der Waals surface area contributed by atoms with Gasteiger partial charge in [-0.1, -0.05) is 35.9 Å². The monoisotopic (exact) mass is 472 g/mol. The van der Waals surface area contributed by atoms with Crippen molar-refractivity contribution in [3.8, 4) is 0 Å². The van der Waals surface area contributed by atoms with E-state index in [0.717, 1.165) is 33.9 Å². The van der Waals surface area contributed by atoms with Crippen molar-refractivity contribution in [3.05, 3.63) is 92.1 Å². The average molecular weight is 472 g/mol. The molecule has 9 heteroatoms. The van der Waals surface area contributed by atoms with Crippen molar-refractivity contribution in [2.24, 2.45) is 0 Å². The van der Waals surface area contributed by atoms with E-state index in [1.807, 2.05) is 13.0 Å². The second kappa shape index (κ2) is 8.15. The summed E-state index contributed by atoms with van der Waals surface area (Å²) in [6, 6.07) is 10.1. The Labute approximate surface area is 191 Å². The smallest absolute Gasteiger partial charge is 0.416 e. The maximum Gasteiger partial charge on any atom is 0.416 e. The van der Waals surface area contributed by atoms with Crippen molar-refractivity contribution >= 4 is 28.7 Å². The van der Waals surface area contributed by atoms with Crippen LogP contribution >= 0.6 is 11.3 Å². The second-order valence-electron chi connectivity index (χ2n) is 7.78. The number of aliphatic hydroxyl groups is 1. The molecule has 3 aromatic rings. The Hall–Kier alpha value is -3.46. The van der Waals surface area contributed by atoms with Crippen LogP contribution in [-0.4, -0.2) is 21.8 Å². The van der Waals surface area contributed by atoms with Crippen LogP contribution in [0.3, 0.4) is 0 Å². The highest BCUT2D eigenvalue weighted by atomic mass is 32.1. The number of carbonyl (C=O) groups excluding carboxylic acids is 2. The summed E-state index contributed by atoms with van der Waals surface area (Å²) in [5, 5.41) is 11.4. The lowest BCUT2D eigenvalue weighted by Gasteiger charge is -2.27. The van der Waals surface area contributed by atoms with Gasteiger partial charge in [0.05, 0.1) is 32.8 Å². The molecule has 1 amide bonds. The van der Waals surface area contributed by atoms with Crippen LogP contribution in [0.5, 0.6) is 0 Å². The molecule has 2 aromatic carbocycles. The molecule has 2 heterocycles. The quantitative estimate of drug-likeness (QED) is 0.482. The number of alkyl halides is 3. The molecule has 1 aromatic heterocycles. The SMILES string of the molecule is Cc1cccc(C2C(C(=O)c3sc(C)nc3C)=C(O)C(=O)N2c2cccc(C(F)(F)F)c2)c1. The Kier molecular flexibility index (Phi) is 5.61.